The average molecular weight is 490 g/mol. The van der Waals surface area contributed by atoms with Crippen LogP contribution in [0.25, 0.3) is 0 Å². The standard InChI is InChI=1S/C25H35N3O7/c1-6-7-12-26-13-8-9-14-35-20-11-10-18(28(31)32)15-19(20)23-21(24(29)33-4)16(2)27-17(3)22(23)25(30)34-5/h10-11,15,23,26-27H,6-9,12-14H2,1-5H3. The highest BCUT2D eigenvalue weighted by Crippen LogP contribution is 2.44. The quantitative estimate of drug-likeness (QED) is 0.184. The zero-order valence-electron chi connectivity index (χ0n) is 21.1. The Hall–Kier alpha value is -3.40. The molecule has 35 heavy (non-hydrogen) atoms. The second-order valence-electron chi connectivity index (χ2n) is 8.26. The van der Waals surface area contributed by atoms with E-state index in [0.717, 1.165) is 38.8 Å². The molecule has 10 nitrogen and oxygen atoms in total. The van der Waals surface area contributed by atoms with E-state index in [2.05, 4.69) is 17.6 Å². The minimum absolute atomic E-state index is 0.156. The van der Waals surface area contributed by atoms with E-state index in [1.165, 1.54) is 32.4 Å². The second-order valence-corrected chi connectivity index (χ2v) is 8.26. The van der Waals surface area contributed by atoms with E-state index in [-0.39, 0.29) is 16.8 Å². The van der Waals surface area contributed by atoms with E-state index in [1.54, 1.807) is 13.8 Å². The average Bonchev–Trinajstić information content (AvgIpc) is 2.84. The van der Waals surface area contributed by atoms with Crippen LogP contribution in [0.4, 0.5) is 5.69 Å². The number of ether oxygens (including phenoxy) is 3. The van der Waals surface area contributed by atoms with Crippen LogP contribution in [0, 0.1) is 10.1 Å². The number of nitrogens with zero attached hydrogens (tertiary/aromatic N) is 1. The normalized spacial score (nSPS) is 14.0. The maximum atomic E-state index is 12.8. The van der Waals surface area contributed by atoms with Crippen molar-refractivity contribution in [1.29, 1.82) is 0 Å². The van der Waals surface area contributed by atoms with Crippen molar-refractivity contribution in [2.45, 2.75) is 52.4 Å². The van der Waals surface area contributed by atoms with E-state index in [0.29, 0.717) is 29.3 Å². The van der Waals surface area contributed by atoms with Gasteiger partial charge in [0.1, 0.15) is 5.75 Å². The number of non-ortho nitro benzene ring substituents is 1. The topological polar surface area (TPSA) is 129 Å². The Balaban J connectivity index is 2.44. The van der Waals surface area contributed by atoms with E-state index in [1.807, 2.05) is 0 Å². The molecule has 10 heteroatoms. The van der Waals surface area contributed by atoms with Gasteiger partial charge in [-0.1, -0.05) is 13.3 Å². The molecule has 2 N–H and O–H groups in total. The van der Waals surface area contributed by atoms with Crippen LogP contribution in [-0.2, 0) is 19.1 Å². The Morgan fingerprint density at radius 2 is 1.63 bits per heavy atom. The number of benzene rings is 1. The Bertz CT molecular complexity index is 963. The molecule has 0 aromatic heterocycles. The number of carbonyl (C=O) groups is 2. The first-order valence-corrected chi connectivity index (χ1v) is 11.7. The maximum Gasteiger partial charge on any atom is 0.336 e. The number of esters is 2. The van der Waals surface area contributed by atoms with E-state index < -0.39 is 22.8 Å². The first-order valence-electron chi connectivity index (χ1n) is 11.7. The van der Waals surface area contributed by atoms with Gasteiger partial charge in [-0.15, -0.1) is 0 Å². The molecule has 0 radical (unpaired) electrons. The SMILES string of the molecule is CCCCNCCCCOc1ccc([N+](=O)[O-])cc1C1C(C(=O)OC)=C(C)NC(C)=C1C(=O)OC. The van der Waals surface area contributed by atoms with Crippen molar-refractivity contribution >= 4 is 17.6 Å². The number of rotatable bonds is 13. The van der Waals surface area contributed by atoms with Gasteiger partial charge in [0.05, 0.1) is 42.8 Å². The van der Waals surface area contributed by atoms with Gasteiger partial charge in [-0.2, -0.15) is 0 Å². The van der Waals surface area contributed by atoms with Crippen molar-refractivity contribution in [3.05, 3.63) is 56.4 Å². The Labute approximate surface area is 205 Å². The molecule has 1 heterocycles. The van der Waals surface area contributed by atoms with Crippen LogP contribution in [0.1, 0.15) is 57.9 Å². The summed E-state index contributed by atoms with van der Waals surface area (Å²) in [5, 5.41) is 18.0. The summed E-state index contributed by atoms with van der Waals surface area (Å²) >= 11 is 0. The maximum absolute atomic E-state index is 12.8. The number of dihydropyridines is 1. The number of unbranched alkanes of at least 4 members (excludes halogenated alkanes) is 2. The van der Waals surface area contributed by atoms with Gasteiger partial charge in [0.2, 0.25) is 0 Å². The van der Waals surface area contributed by atoms with E-state index in [9.17, 15) is 19.7 Å². The van der Waals surface area contributed by atoms with Crippen LogP contribution >= 0.6 is 0 Å². The molecule has 0 saturated heterocycles. The van der Waals surface area contributed by atoms with Crippen molar-refractivity contribution in [3.63, 3.8) is 0 Å². The lowest BCUT2D eigenvalue weighted by Gasteiger charge is -2.30. The van der Waals surface area contributed by atoms with Crippen LogP contribution in [-0.4, -0.2) is 50.8 Å². The molecule has 0 spiro atoms. The van der Waals surface area contributed by atoms with Gasteiger partial charge in [-0.25, -0.2) is 9.59 Å². The van der Waals surface area contributed by atoms with Gasteiger partial charge in [0.25, 0.3) is 5.69 Å². The summed E-state index contributed by atoms with van der Waals surface area (Å²) in [5.74, 6) is -1.94. The molecule has 0 saturated carbocycles. The third-order valence-corrected chi connectivity index (χ3v) is 5.80. The summed E-state index contributed by atoms with van der Waals surface area (Å²) in [7, 11) is 2.48. The summed E-state index contributed by atoms with van der Waals surface area (Å²) in [6.07, 6.45) is 3.93. The van der Waals surface area contributed by atoms with Gasteiger partial charge in [0.15, 0.2) is 0 Å². The van der Waals surface area contributed by atoms with Gasteiger partial charge in [-0.05, 0) is 52.3 Å². The number of nitrogens with one attached hydrogen (secondary N) is 2. The lowest BCUT2D eigenvalue weighted by molar-refractivity contribution is -0.384. The largest absolute Gasteiger partial charge is 0.493 e. The van der Waals surface area contributed by atoms with Crippen LogP contribution in [0.3, 0.4) is 0 Å². The first-order chi connectivity index (χ1) is 16.8. The summed E-state index contributed by atoms with van der Waals surface area (Å²) in [4.78, 5) is 36.6. The molecule has 0 bridgehead atoms. The highest BCUT2D eigenvalue weighted by molar-refractivity contribution is 6.00. The number of hydrogen-bond acceptors (Lipinski definition) is 9. The second kappa shape index (κ2) is 13.5. The molecule has 0 aliphatic carbocycles. The Kier molecular flexibility index (Phi) is 10.7. The predicted molar refractivity (Wildman–Crippen MR) is 131 cm³/mol. The lowest BCUT2D eigenvalue weighted by atomic mass is 9.80. The predicted octanol–water partition coefficient (Wildman–Crippen LogP) is 3.72. The first kappa shape index (κ1) is 27.8. The fraction of sp³-hybridized carbons (Fsp3) is 0.520. The third-order valence-electron chi connectivity index (χ3n) is 5.80. The zero-order chi connectivity index (χ0) is 26.0. The Morgan fingerprint density at radius 3 is 2.17 bits per heavy atom. The molecule has 0 amide bonds. The minimum Gasteiger partial charge on any atom is -0.493 e. The minimum atomic E-state index is -0.971. The highest BCUT2D eigenvalue weighted by atomic mass is 16.6. The van der Waals surface area contributed by atoms with Crippen molar-refractivity contribution in [2.24, 2.45) is 0 Å². The summed E-state index contributed by atoms with van der Waals surface area (Å²) in [5.41, 5.74) is 1.40. The third kappa shape index (κ3) is 7.05. The van der Waals surface area contributed by atoms with Gasteiger partial charge in [-0.3, -0.25) is 10.1 Å². The number of hydrogen-bond donors (Lipinski definition) is 2. The van der Waals surface area contributed by atoms with Gasteiger partial charge >= 0.3 is 11.9 Å². The fourth-order valence-electron chi connectivity index (χ4n) is 4.03. The molecule has 0 atom stereocenters. The summed E-state index contributed by atoms with van der Waals surface area (Å²) < 4.78 is 16.0. The molecule has 1 aromatic rings. The smallest absolute Gasteiger partial charge is 0.336 e. The van der Waals surface area contributed by atoms with Crippen molar-refractivity contribution < 1.29 is 28.7 Å². The number of methoxy groups -OCH3 is 2. The van der Waals surface area contributed by atoms with Crippen LogP contribution in [0.2, 0.25) is 0 Å². The molecule has 1 aromatic carbocycles. The molecule has 192 valence electrons. The fourth-order valence-corrected chi connectivity index (χ4v) is 4.03. The number of carbonyl (C=O) groups excluding carboxylic acids is 2. The van der Waals surface area contributed by atoms with Crippen LogP contribution < -0.4 is 15.4 Å². The van der Waals surface area contributed by atoms with Crippen molar-refractivity contribution in [2.75, 3.05) is 33.9 Å². The molecule has 1 aliphatic rings. The number of nitro groups is 1. The summed E-state index contributed by atoms with van der Waals surface area (Å²) in [6.45, 7) is 7.72. The molecule has 1 aliphatic heterocycles. The van der Waals surface area contributed by atoms with Crippen LogP contribution in [0.5, 0.6) is 5.75 Å². The number of allylic oxidation sites excluding steroid dienone is 2. The summed E-state index contributed by atoms with van der Waals surface area (Å²) in [6, 6.07) is 4.18. The van der Waals surface area contributed by atoms with Crippen LogP contribution in [0.15, 0.2) is 40.7 Å². The highest BCUT2D eigenvalue weighted by Gasteiger charge is 2.39. The van der Waals surface area contributed by atoms with E-state index >= 15 is 0 Å². The van der Waals surface area contributed by atoms with Gasteiger partial charge < -0.3 is 24.8 Å². The molecular formula is C25H35N3O7. The molecule has 0 unspecified atom stereocenters. The molecule has 0 fully saturated rings. The number of nitro benzene ring substituents is 1. The van der Waals surface area contributed by atoms with Gasteiger partial charge in [0, 0.05) is 29.1 Å². The Morgan fingerprint density at radius 1 is 1.03 bits per heavy atom. The molecule has 2 rings (SSSR count). The lowest BCUT2D eigenvalue weighted by Crippen LogP contribution is -2.32. The van der Waals surface area contributed by atoms with Crippen molar-refractivity contribution in [3.8, 4) is 5.75 Å². The zero-order valence-corrected chi connectivity index (χ0v) is 21.1. The molecular weight excluding hydrogens is 454 g/mol. The van der Waals surface area contributed by atoms with Crippen molar-refractivity contribution in [1.82, 2.24) is 10.6 Å². The monoisotopic (exact) mass is 489 g/mol. The van der Waals surface area contributed by atoms with E-state index in [4.69, 9.17) is 14.2 Å².